The van der Waals surface area contributed by atoms with Gasteiger partial charge in [-0.2, -0.15) is 4.31 Å². The molecule has 3 rings (SSSR count). The molecule has 1 amide bonds. The monoisotopic (exact) mass is 394 g/mol. The normalized spacial score (nSPS) is 24.1. The number of hydrogen-bond donors (Lipinski definition) is 1. The van der Waals surface area contributed by atoms with E-state index in [4.69, 9.17) is 4.74 Å². The number of piperidine rings is 1. The van der Waals surface area contributed by atoms with Crippen molar-refractivity contribution in [2.45, 2.75) is 57.5 Å². The summed E-state index contributed by atoms with van der Waals surface area (Å²) in [6.45, 7) is 7.61. The fraction of sp³-hybridized carbons (Fsp3) is 0.650. The number of amides is 1. The second kappa shape index (κ2) is 8.29. The Labute approximate surface area is 162 Å². The molecule has 1 N–H and O–H groups in total. The molecule has 2 fully saturated rings. The summed E-state index contributed by atoms with van der Waals surface area (Å²) in [5, 5.41) is 2.95. The Kier molecular flexibility index (Phi) is 6.23. The maximum Gasteiger partial charge on any atom is 0.243 e. The van der Waals surface area contributed by atoms with E-state index in [0.717, 1.165) is 42.6 Å². The highest BCUT2D eigenvalue weighted by molar-refractivity contribution is 7.89. The van der Waals surface area contributed by atoms with Crippen molar-refractivity contribution in [2.75, 3.05) is 26.2 Å². The predicted octanol–water partition coefficient (Wildman–Crippen LogP) is 2.31. The van der Waals surface area contributed by atoms with Gasteiger partial charge in [0.15, 0.2) is 0 Å². The minimum Gasteiger partial charge on any atom is -0.376 e. The van der Waals surface area contributed by atoms with Crippen LogP contribution in [-0.2, 0) is 19.6 Å². The zero-order chi connectivity index (χ0) is 19.6. The van der Waals surface area contributed by atoms with Crippen LogP contribution in [0, 0.1) is 26.7 Å². The molecule has 2 atom stereocenters. The number of hydrogen-bond acceptors (Lipinski definition) is 4. The average molecular weight is 395 g/mol. The van der Waals surface area contributed by atoms with Crippen LogP contribution in [0.2, 0.25) is 0 Å². The summed E-state index contributed by atoms with van der Waals surface area (Å²) in [5.74, 6) is -0.372. The van der Waals surface area contributed by atoms with Gasteiger partial charge >= 0.3 is 0 Å². The average Bonchev–Trinajstić information content (AvgIpc) is 3.12. The van der Waals surface area contributed by atoms with Gasteiger partial charge in [0.2, 0.25) is 15.9 Å². The third kappa shape index (κ3) is 4.52. The molecule has 1 aromatic rings. The lowest BCUT2D eigenvalue weighted by Crippen LogP contribution is -2.46. The maximum absolute atomic E-state index is 13.2. The molecule has 1 aromatic carbocycles. The molecule has 0 bridgehead atoms. The summed E-state index contributed by atoms with van der Waals surface area (Å²) < 4.78 is 33.5. The predicted molar refractivity (Wildman–Crippen MR) is 104 cm³/mol. The van der Waals surface area contributed by atoms with Crippen LogP contribution in [0.3, 0.4) is 0 Å². The van der Waals surface area contributed by atoms with Crippen molar-refractivity contribution in [3.05, 3.63) is 28.8 Å². The number of benzene rings is 1. The minimum atomic E-state index is -3.61. The lowest BCUT2D eigenvalue weighted by molar-refractivity contribution is -0.126. The number of carbonyl (C=O) groups excluding carboxylic acids is 1. The van der Waals surface area contributed by atoms with Crippen molar-refractivity contribution in [2.24, 2.45) is 5.92 Å². The number of aryl methyl sites for hydroxylation is 3. The van der Waals surface area contributed by atoms with E-state index in [2.05, 4.69) is 5.32 Å². The van der Waals surface area contributed by atoms with Crippen LogP contribution in [0.5, 0.6) is 0 Å². The summed E-state index contributed by atoms with van der Waals surface area (Å²) >= 11 is 0. The number of nitrogens with one attached hydrogen (secondary N) is 1. The Hall–Kier alpha value is -1.44. The van der Waals surface area contributed by atoms with Gasteiger partial charge in [-0.15, -0.1) is 0 Å². The fourth-order valence-electron chi connectivity index (χ4n) is 4.24. The van der Waals surface area contributed by atoms with Crippen LogP contribution in [0.15, 0.2) is 17.0 Å². The Morgan fingerprint density at radius 1 is 1.19 bits per heavy atom. The van der Waals surface area contributed by atoms with E-state index in [1.54, 1.807) is 0 Å². The van der Waals surface area contributed by atoms with E-state index in [0.29, 0.717) is 24.4 Å². The minimum absolute atomic E-state index is 0.0669. The van der Waals surface area contributed by atoms with Crippen LogP contribution in [-0.4, -0.2) is 51.0 Å². The Bertz CT molecular complexity index is 777. The number of carbonyl (C=O) groups is 1. The Morgan fingerprint density at radius 2 is 1.89 bits per heavy atom. The topological polar surface area (TPSA) is 75.7 Å². The zero-order valence-electron chi connectivity index (χ0n) is 16.5. The molecule has 0 saturated carbocycles. The van der Waals surface area contributed by atoms with Crippen LogP contribution in [0.1, 0.15) is 42.4 Å². The number of ether oxygens (including phenoxy) is 1. The third-order valence-electron chi connectivity index (χ3n) is 5.49. The van der Waals surface area contributed by atoms with E-state index in [1.165, 1.54) is 4.31 Å². The highest BCUT2D eigenvalue weighted by Gasteiger charge is 2.35. The van der Waals surface area contributed by atoms with Gasteiger partial charge in [-0.25, -0.2) is 8.42 Å². The van der Waals surface area contributed by atoms with E-state index in [1.807, 2.05) is 32.9 Å². The first-order valence-electron chi connectivity index (χ1n) is 9.76. The Morgan fingerprint density at radius 3 is 2.52 bits per heavy atom. The number of nitrogens with zero attached hydrogens (tertiary/aromatic N) is 1. The molecule has 2 aliphatic rings. The largest absolute Gasteiger partial charge is 0.376 e. The van der Waals surface area contributed by atoms with Gasteiger partial charge in [0.05, 0.1) is 16.9 Å². The molecule has 2 aliphatic heterocycles. The molecule has 150 valence electrons. The first-order valence-corrected chi connectivity index (χ1v) is 11.2. The van der Waals surface area contributed by atoms with Crippen LogP contribution in [0.4, 0.5) is 0 Å². The van der Waals surface area contributed by atoms with Gasteiger partial charge in [-0.3, -0.25) is 4.79 Å². The number of rotatable bonds is 5. The van der Waals surface area contributed by atoms with Crippen molar-refractivity contribution in [3.8, 4) is 0 Å². The van der Waals surface area contributed by atoms with Gasteiger partial charge < -0.3 is 10.1 Å². The SMILES string of the molecule is Cc1cc(C)c(S(=O)(=O)N2CCC[C@@H](C(=O)NC[C@@H]3CCCO3)C2)c(C)c1. The van der Waals surface area contributed by atoms with Crippen molar-refractivity contribution >= 4 is 15.9 Å². The van der Waals surface area contributed by atoms with Gasteiger partial charge in [0, 0.05) is 26.2 Å². The summed E-state index contributed by atoms with van der Waals surface area (Å²) in [7, 11) is -3.61. The van der Waals surface area contributed by atoms with Gasteiger partial charge in [-0.05, 0) is 57.6 Å². The molecule has 0 unspecified atom stereocenters. The highest BCUT2D eigenvalue weighted by atomic mass is 32.2. The molecule has 0 aliphatic carbocycles. The molecule has 0 radical (unpaired) electrons. The van der Waals surface area contributed by atoms with Gasteiger partial charge in [0.25, 0.3) is 0 Å². The van der Waals surface area contributed by atoms with Crippen molar-refractivity contribution in [1.29, 1.82) is 0 Å². The summed E-state index contributed by atoms with van der Waals surface area (Å²) in [6.07, 6.45) is 3.51. The molecule has 0 spiro atoms. The fourth-order valence-corrected chi connectivity index (χ4v) is 6.18. The van der Waals surface area contributed by atoms with E-state index in [9.17, 15) is 13.2 Å². The van der Waals surface area contributed by atoms with Gasteiger partial charge in [0.1, 0.15) is 0 Å². The molecular weight excluding hydrogens is 364 g/mol. The molecule has 2 heterocycles. The first-order chi connectivity index (χ1) is 12.8. The molecule has 0 aromatic heterocycles. The molecule has 6 nitrogen and oxygen atoms in total. The van der Waals surface area contributed by atoms with Gasteiger partial charge in [-0.1, -0.05) is 17.7 Å². The van der Waals surface area contributed by atoms with E-state index in [-0.39, 0.29) is 24.5 Å². The summed E-state index contributed by atoms with van der Waals surface area (Å²) in [4.78, 5) is 12.9. The Balaban J connectivity index is 1.70. The van der Waals surface area contributed by atoms with Crippen LogP contribution >= 0.6 is 0 Å². The maximum atomic E-state index is 13.2. The molecular formula is C20H30N2O4S. The lowest BCUT2D eigenvalue weighted by atomic mass is 9.99. The van der Waals surface area contributed by atoms with Crippen molar-refractivity contribution < 1.29 is 17.9 Å². The number of sulfonamides is 1. The second-order valence-electron chi connectivity index (χ2n) is 7.81. The highest BCUT2D eigenvalue weighted by Crippen LogP contribution is 2.29. The third-order valence-corrected chi connectivity index (χ3v) is 7.66. The zero-order valence-corrected chi connectivity index (χ0v) is 17.3. The first kappa shape index (κ1) is 20.3. The van der Waals surface area contributed by atoms with Crippen molar-refractivity contribution in [1.82, 2.24) is 9.62 Å². The van der Waals surface area contributed by atoms with E-state index >= 15 is 0 Å². The smallest absolute Gasteiger partial charge is 0.243 e. The van der Waals surface area contributed by atoms with Crippen LogP contribution < -0.4 is 5.32 Å². The molecule has 7 heteroatoms. The standard InChI is InChI=1S/C20H30N2O4S/c1-14-10-15(2)19(16(3)11-14)27(24,25)22-8-4-6-17(13-22)20(23)21-12-18-7-5-9-26-18/h10-11,17-18H,4-9,12-13H2,1-3H3,(H,21,23)/t17-,18+/m1/s1. The van der Waals surface area contributed by atoms with E-state index < -0.39 is 10.0 Å². The second-order valence-corrected chi connectivity index (χ2v) is 9.69. The van der Waals surface area contributed by atoms with Crippen LogP contribution in [0.25, 0.3) is 0 Å². The summed E-state index contributed by atoms with van der Waals surface area (Å²) in [5.41, 5.74) is 2.57. The van der Waals surface area contributed by atoms with Crippen molar-refractivity contribution in [3.63, 3.8) is 0 Å². The lowest BCUT2D eigenvalue weighted by Gasteiger charge is -2.32. The molecule has 27 heavy (non-hydrogen) atoms. The molecule has 2 saturated heterocycles. The quantitative estimate of drug-likeness (QED) is 0.832. The summed E-state index contributed by atoms with van der Waals surface area (Å²) in [6, 6.07) is 3.80.